The molecule has 6 heteroatoms. The number of amides is 2. The third-order valence-corrected chi connectivity index (χ3v) is 6.07. The Morgan fingerprint density at radius 2 is 1.36 bits per heavy atom. The largest absolute Gasteiger partial charge is 0.508 e. The van der Waals surface area contributed by atoms with Crippen LogP contribution in [0.3, 0.4) is 0 Å². The number of nitrogens with one attached hydrogen (secondary N) is 2. The molecule has 0 atom stereocenters. The average molecular weight is 459 g/mol. The summed E-state index contributed by atoms with van der Waals surface area (Å²) in [7, 11) is 1.63. The highest BCUT2D eigenvalue weighted by Crippen LogP contribution is 2.43. The van der Waals surface area contributed by atoms with Crippen molar-refractivity contribution in [2.75, 3.05) is 20.2 Å². The number of hydrogen-bond acceptors (Lipinski definition) is 4. The van der Waals surface area contributed by atoms with Crippen molar-refractivity contribution < 1.29 is 19.4 Å². The third kappa shape index (κ3) is 8.95. The minimum Gasteiger partial charge on any atom is -0.508 e. The highest BCUT2D eigenvalue weighted by molar-refractivity contribution is 5.76. The zero-order chi connectivity index (χ0) is 25.1. The maximum atomic E-state index is 11.9. The molecule has 1 rings (SSSR count). The molecule has 0 aliphatic rings. The van der Waals surface area contributed by atoms with Crippen molar-refractivity contribution in [3.8, 4) is 11.5 Å². The van der Waals surface area contributed by atoms with Crippen molar-refractivity contribution in [3.05, 3.63) is 48.6 Å². The maximum Gasteiger partial charge on any atom is 0.220 e. The van der Waals surface area contributed by atoms with E-state index in [1.165, 1.54) is 0 Å². The highest BCUT2D eigenvalue weighted by Gasteiger charge is 2.30. The van der Waals surface area contributed by atoms with Crippen molar-refractivity contribution in [2.45, 2.75) is 77.0 Å². The first-order valence-electron chi connectivity index (χ1n) is 11.7. The van der Waals surface area contributed by atoms with Gasteiger partial charge in [-0.3, -0.25) is 9.59 Å². The molecule has 2 amide bonds. The summed E-state index contributed by atoms with van der Waals surface area (Å²) in [6.45, 7) is 16.5. The molecule has 0 spiro atoms. The summed E-state index contributed by atoms with van der Waals surface area (Å²) in [6, 6.07) is 3.71. The van der Waals surface area contributed by atoms with Gasteiger partial charge in [-0.2, -0.15) is 0 Å². The van der Waals surface area contributed by atoms with Gasteiger partial charge in [-0.1, -0.05) is 39.8 Å². The molecule has 6 nitrogen and oxygen atoms in total. The zero-order valence-electron chi connectivity index (χ0n) is 21.1. The SMILES string of the molecule is C=CCNC(=O)CCCC(C)(C)c1cc(OC)c(C(C)(C)CCCC(=O)NCC=C)cc1O. The smallest absolute Gasteiger partial charge is 0.220 e. The first-order chi connectivity index (χ1) is 15.5. The Labute approximate surface area is 199 Å². The second-order valence-corrected chi connectivity index (χ2v) is 9.73. The van der Waals surface area contributed by atoms with Crippen molar-refractivity contribution in [1.29, 1.82) is 0 Å². The predicted octanol–water partition coefficient (Wildman–Crippen LogP) is 4.90. The summed E-state index contributed by atoms with van der Waals surface area (Å²) in [5.74, 6) is 0.961. The standard InChI is InChI=1S/C27H42N2O4/c1-8-16-28-24(31)12-10-14-26(3,4)20-19-23(33-7)21(18-22(20)30)27(5,6)15-11-13-25(32)29-17-9-2/h8-9,18-19,30H,1-2,10-17H2,3-7H3,(H,28,31)(H,29,32). The molecule has 3 N–H and O–H groups in total. The van der Waals surface area contributed by atoms with Crippen LogP contribution in [0.5, 0.6) is 11.5 Å². The molecule has 0 saturated heterocycles. The molecule has 0 aromatic heterocycles. The second kappa shape index (κ2) is 13.1. The summed E-state index contributed by atoms with van der Waals surface area (Å²) in [4.78, 5) is 23.8. The first-order valence-corrected chi connectivity index (χ1v) is 11.7. The van der Waals surface area contributed by atoms with E-state index in [4.69, 9.17) is 4.74 Å². The average Bonchev–Trinajstić information content (AvgIpc) is 2.75. The van der Waals surface area contributed by atoms with Crippen LogP contribution in [0.2, 0.25) is 0 Å². The normalized spacial score (nSPS) is 11.5. The molecule has 0 radical (unpaired) electrons. The Morgan fingerprint density at radius 1 is 0.909 bits per heavy atom. The zero-order valence-corrected chi connectivity index (χ0v) is 21.1. The van der Waals surface area contributed by atoms with E-state index >= 15 is 0 Å². The Hall–Kier alpha value is -2.76. The summed E-state index contributed by atoms with van der Waals surface area (Å²) < 4.78 is 5.72. The van der Waals surface area contributed by atoms with Gasteiger partial charge in [0, 0.05) is 37.1 Å². The van der Waals surface area contributed by atoms with Crippen LogP contribution in [0.25, 0.3) is 0 Å². The molecule has 0 saturated carbocycles. The van der Waals surface area contributed by atoms with Gasteiger partial charge in [0.2, 0.25) is 11.8 Å². The monoisotopic (exact) mass is 458 g/mol. The Morgan fingerprint density at radius 3 is 1.79 bits per heavy atom. The Kier molecular flexibility index (Phi) is 11.2. The maximum absolute atomic E-state index is 11.9. The number of phenols is 1. The third-order valence-electron chi connectivity index (χ3n) is 6.07. The van der Waals surface area contributed by atoms with E-state index in [0.29, 0.717) is 32.4 Å². The Balaban J connectivity index is 2.93. The van der Waals surface area contributed by atoms with Crippen LogP contribution < -0.4 is 15.4 Å². The minimum absolute atomic E-state index is 0.00257. The summed E-state index contributed by atoms with van der Waals surface area (Å²) in [6.07, 6.45) is 7.14. The van der Waals surface area contributed by atoms with Crippen LogP contribution in [0, 0.1) is 0 Å². The molecular weight excluding hydrogens is 416 g/mol. The van der Waals surface area contributed by atoms with Crippen LogP contribution in [-0.2, 0) is 20.4 Å². The van der Waals surface area contributed by atoms with Gasteiger partial charge in [0.05, 0.1) is 7.11 Å². The molecule has 184 valence electrons. The molecule has 33 heavy (non-hydrogen) atoms. The summed E-state index contributed by atoms with van der Waals surface area (Å²) >= 11 is 0. The Bertz CT molecular complexity index is 828. The summed E-state index contributed by atoms with van der Waals surface area (Å²) in [5.41, 5.74) is 1.10. The number of benzene rings is 1. The van der Waals surface area contributed by atoms with Crippen molar-refractivity contribution in [3.63, 3.8) is 0 Å². The van der Waals surface area contributed by atoms with E-state index in [1.54, 1.807) is 25.3 Å². The molecule has 0 fully saturated rings. The predicted molar refractivity (Wildman–Crippen MR) is 135 cm³/mol. The number of hydrogen-bond donors (Lipinski definition) is 3. The van der Waals surface area contributed by atoms with Crippen molar-refractivity contribution in [1.82, 2.24) is 10.6 Å². The van der Waals surface area contributed by atoms with Gasteiger partial charge in [0.25, 0.3) is 0 Å². The van der Waals surface area contributed by atoms with E-state index in [9.17, 15) is 14.7 Å². The van der Waals surface area contributed by atoms with Gasteiger partial charge < -0.3 is 20.5 Å². The van der Waals surface area contributed by atoms with E-state index in [1.807, 2.05) is 6.07 Å². The highest BCUT2D eigenvalue weighted by atomic mass is 16.5. The van der Waals surface area contributed by atoms with Gasteiger partial charge in [-0.25, -0.2) is 0 Å². The lowest BCUT2D eigenvalue weighted by molar-refractivity contribution is -0.121. The van der Waals surface area contributed by atoms with Gasteiger partial charge in [0.1, 0.15) is 11.5 Å². The van der Waals surface area contributed by atoms with Crippen LogP contribution >= 0.6 is 0 Å². The molecule has 0 heterocycles. The van der Waals surface area contributed by atoms with Gasteiger partial charge in [-0.15, -0.1) is 13.2 Å². The number of rotatable bonds is 15. The quantitative estimate of drug-likeness (QED) is 0.326. The van der Waals surface area contributed by atoms with E-state index in [0.717, 1.165) is 36.1 Å². The number of methoxy groups -OCH3 is 1. The lowest BCUT2D eigenvalue weighted by Gasteiger charge is -2.31. The molecule has 0 aliphatic carbocycles. The van der Waals surface area contributed by atoms with Crippen LogP contribution in [0.15, 0.2) is 37.4 Å². The van der Waals surface area contributed by atoms with E-state index in [-0.39, 0.29) is 28.4 Å². The molecular formula is C27H42N2O4. The number of ether oxygens (including phenoxy) is 1. The van der Waals surface area contributed by atoms with Crippen LogP contribution in [0.4, 0.5) is 0 Å². The summed E-state index contributed by atoms with van der Waals surface area (Å²) in [5, 5.41) is 16.5. The van der Waals surface area contributed by atoms with E-state index < -0.39 is 0 Å². The fraction of sp³-hybridized carbons (Fsp3) is 0.556. The molecule has 0 aliphatic heterocycles. The molecule has 0 unspecified atom stereocenters. The van der Waals surface area contributed by atoms with Crippen LogP contribution in [0.1, 0.15) is 77.3 Å². The second-order valence-electron chi connectivity index (χ2n) is 9.73. The van der Waals surface area contributed by atoms with E-state index in [2.05, 4.69) is 51.5 Å². The van der Waals surface area contributed by atoms with Crippen molar-refractivity contribution >= 4 is 11.8 Å². The van der Waals surface area contributed by atoms with Gasteiger partial charge in [-0.05, 0) is 48.6 Å². The van der Waals surface area contributed by atoms with Crippen molar-refractivity contribution in [2.24, 2.45) is 0 Å². The number of phenolic OH excluding ortho intramolecular Hbond substituents is 1. The minimum atomic E-state index is -0.331. The molecule has 1 aromatic rings. The molecule has 1 aromatic carbocycles. The number of carbonyl (C=O) groups excluding carboxylic acids is 2. The fourth-order valence-corrected chi connectivity index (χ4v) is 4.01. The number of carbonyl (C=O) groups is 2. The fourth-order valence-electron chi connectivity index (χ4n) is 4.01. The van der Waals surface area contributed by atoms with Crippen LogP contribution in [-0.4, -0.2) is 37.1 Å². The van der Waals surface area contributed by atoms with Gasteiger partial charge >= 0.3 is 0 Å². The lowest BCUT2D eigenvalue weighted by atomic mass is 9.75. The van der Waals surface area contributed by atoms with Gasteiger partial charge in [0.15, 0.2) is 0 Å². The first kappa shape index (κ1) is 28.3. The molecule has 0 bridgehead atoms. The number of aromatic hydroxyl groups is 1. The lowest BCUT2D eigenvalue weighted by Crippen LogP contribution is -2.25. The topological polar surface area (TPSA) is 87.7 Å².